The molecule has 0 unspecified atom stereocenters. The molecule has 4 nitrogen and oxygen atoms in total. The van der Waals surface area contributed by atoms with E-state index < -0.39 is 11.1 Å². The van der Waals surface area contributed by atoms with Crippen molar-refractivity contribution in [2.24, 2.45) is 10.2 Å². The average molecular weight is 262 g/mol. The highest BCUT2D eigenvalue weighted by molar-refractivity contribution is 5.71. The largest absolute Gasteiger partial charge is 0.460 e. The number of carbonyl (C=O) groups excluding carboxylic acids is 1. The van der Waals surface area contributed by atoms with E-state index in [2.05, 4.69) is 10.2 Å². The van der Waals surface area contributed by atoms with Gasteiger partial charge in [-0.05, 0) is 46.8 Å². The molecule has 0 aromatic heterocycles. The number of azo groups is 1. The van der Waals surface area contributed by atoms with Gasteiger partial charge in [0, 0.05) is 0 Å². The Labute approximate surface area is 114 Å². The van der Waals surface area contributed by atoms with Gasteiger partial charge >= 0.3 is 5.97 Å². The van der Waals surface area contributed by atoms with Gasteiger partial charge in [-0.3, -0.25) is 4.79 Å². The van der Waals surface area contributed by atoms with Gasteiger partial charge in [-0.25, -0.2) is 0 Å². The lowest BCUT2D eigenvalue weighted by Crippen LogP contribution is -2.29. The van der Waals surface area contributed by atoms with Crippen LogP contribution < -0.4 is 0 Å². The number of benzene rings is 1. The van der Waals surface area contributed by atoms with E-state index in [1.807, 2.05) is 65.0 Å². The monoisotopic (exact) mass is 262 g/mol. The first kappa shape index (κ1) is 15.3. The fourth-order valence-electron chi connectivity index (χ4n) is 1.45. The summed E-state index contributed by atoms with van der Waals surface area (Å²) in [6.45, 7) is 9.28. The van der Waals surface area contributed by atoms with Crippen LogP contribution in [0.4, 0.5) is 5.69 Å². The Bertz CT molecular complexity index is 445. The first-order chi connectivity index (χ1) is 8.68. The molecule has 4 heteroatoms. The predicted octanol–water partition coefficient (Wildman–Crippen LogP) is 4.28. The molecule has 19 heavy (non-hydrogen) atoms. The van der Waals surface area contributed by atoms with E-state index in [-0.39, 0.29) is 12.4 Å². The molecule has 0 saturated carbocycles. The number of carbonyl (C=O) groups is 1. The molecular weight excluding hydrogens is 240 g/mol. The van der Waals surface area contributed by atoms with Crippen LogP contribution in [0.5, 0.6) is 0 Å². The molecule has 1 aromatic carbocycles. The van der Waals surface area contributed by atoms with Crippen molar-refractivity contribution in [1.29, 1.82) is 0 Å². The smallest absolute Gasteiger partial charge is 0.308 e. The number of ether oxygens (including phenoxy) is 1. The minimum Gasteiger partial charge on any atom is -0.460 e. The maximum Gasteiger partial charge on any atom is 0.308 e. The van der Waals surface area contributed by atoms with Crippen LogP contribution in [0.25, 0.3) is 0 Å². The zero-order chi connectivity index (χ0) is 14.5. The fourth-order valence-corrected chi connectivity index (χ4v) is 1.45. The molecule has 0 heterocycles. The minimum atomic E-state index is -0.571. The number of hydrogen-bond acceptors (Lipinski definition) is 4. The van der Waals surface area contributed by atoms with Gasteiger partial charge in [0.25, 0.3) is 0 Å². The molecule has 0 bridgehead atoms. The Kier molecular flexibility index (Phi) is 4.81. The van der Waals surface area contributed by atoms with Gasteiger partial charge in [-0.15, -0.1) is 0 Å². The van der Waals surface area contributed by atoms with Crippen molar-refractivity contribution in [3.05, 3.63) is 30.3 Å². The van der Waals surface area contributed by atoms with E-state index in [1.165, 1.54) is 0 Å². The third-order valence-electron chi connectivity index (χ3n) is 2.19. The van der Waals surface area contributed by atoms with Crippen LogP contribution in [0.3, 0.4) is 0 Å². The summed E-state index contributed by atoms with van der Waals surface area (Å²) in [5, 5.41) is 8.37. The summed E-state index contributed by atoms with van der Waals surface area (Å²) in [7, 11) is 0. The normalized spacial score (nSPS) is 12.7. The molecule has 0 spiro atoms. The van der Waals surface area contributed by atoms with E-state index in [4.69, 9.17) is 4.74 Å². The van der Waals surface area contributed by atoms with Crippen molar-refractivity contribution < 1.29 is 9.53 Å². The number of rotatable bonds is 4. The van der Waals surface area contributed by atoms with Crippen molar-refractivity contribution >= 4 is 11.7 Å². The van der Waals surface area contributed by atoms with E-state index in [0.717, 1.165) is 5.69 Å². The van der Waals surface area contributed by atoms with Crippen molar-refractivity contribution in [1.82, 2.24) is 0 Å². The molecular formula is C15H22N2O2. The molecule has 0 aliphatic rings. The van der Waals surface area contributed by atoms with Crippen molar-refractivity contribution in [3.8, 4) is 0 Å². The van der Waals surface area contributed by atoms with Crippen molar-refractivity contribution in [3.63, 3.8) is 0 Å². The number of hydrogen-bond donors (Lipinski definition) is 0. The summed E-state index contributed by atoms with van der Waals surface area (Å²) in [5.74, 6) is -0.260. The second kappa shape index (κ2) is 5.95. The van der Waals surface area contributed by atoms with Gasteiger partial charge in [0.1, 0.15) is 5.60 Å². The van der Waals surface area contributed by atoms with Gasteiger partial charge in [0.15, 0.2) is 0 Å². The predicted molar refractivity (Wildman–Crippen MR) is 75.5 cm³/mol. The van der Waals surface area contributed by atoms with E-state index in [0.29, 0.717) is 0 Å². The molecule has 1 aromatic rings. The minimum absolute atomic E-state index is 0.209. The zero-order valence-corrected chi connectivity index (χ0v) is 12.3. The van der Waals surface area contributed by atoms with E-state index >= 15 is 0 Å². The van der Waals surface area contributed by atoms with E-state index in [1.54, 1.807) is 0 Å². The molecule has 0 aliphatic carbocycles. The molecule has 0 N–H and O–H groups in total. The van der Waals surface area contributed by atoms with Gasteiger partial charge in [-0.2, -0.15) is 10.2 Å². The average Bonchev–Trinajstić information content (AvgIpc) is 2.24. The first-order valence-corrected chi connectivity index (χ1v) is 6.38. The van der Waals surface area contributed by atoms with Crippen LogP contribution in [0.2, 0.25) is 0 Å². The molecule has 0 amide bonds. The second-order valence-corrected chi connectivity index (χ2v) is 6.11. The lowest BCUT2D eigenvalue weighted by atomic mass is 10.0. The van der Waals surface area contributed by atoms with Crippen LogP contribution in [-0.2, 0) is 9.53 Å². The lowest BCUT2D eigenvalue weighted by molar-refractivity contribution is -0.155. The van der Waals surface area contributed by atoms with Gasteiger partial charge in [0.05, 0.1) is 17.6 Å². The van der Waals surface area contributed by atoms with Crippen molar-refractivity contribution in [2.45, 2.75) is 52.2 Å². The van der Waals surface area contributed by atoms with E-state index in [9.17, 15) is 4.79 Å². The summed E-state index contributed by atoms with van der Waals surface area (Å²) in [6.07, 6.45) is 0.209. The standard InChI is InChI=1S/C15H22N2O2/c1-14(2,3)19-13(18)11-15(4,5)17-16-12-9-7-6-8-10-12/h6-10H,11H2,1-5H3. The molecule has 0 saturated heterocycles. The molecule has 0 atom stereocenters. The maximum absolute atomic E-state index is 11.8. The lowest BCUT2D eigenvalue weighted by Gasteiger charge is -2.23. The Morgan fingerprint density at radius 3 is 2.21 bits per heavy atom. The molecule has 0 radical (unpaired) electrons. The topological polar surface area (TPSA) is 51.0 Å². The third-order valence-corrected chi connectivity index (χ3v) is 2.19. The van der Waals surface area contributed by atoms with Gasteiger partial charge in [0.2, 0.25) is 0 Å². The Balaban J connectivity index is 2.61. The van der Waals surface area contributed by atoms with Gasteiger partial charge < -0.3 is 4.74 Å². The Morgan fingerprint density at radius 2 is 1.68 bits per heavy atom. The maximum atomic E-state index is 11.8. The summed E-state index contributed by atoms with van der Waals surface area (Å²) in [5.41, 5.74) is -0.262. The Morgan fingerprint density at radius 1 is 1.11 bits per heavy atom. The first-order valence-electron chi connectivity index (χ1n) is 6.38. The summed E-state index contributed by atoms with van der Waals surface area (Å²) < 4.78 is 5.29. The highest BCUT2D eigenvalue weighted by atomic mass is 16.6. The highest BCUT2D eigenvalue weighted by Crippen LogP contribution is 2.21. The van der Waals surface area contributed by atoms with Crippen LogP contribution >= 0.6 is 0 Å². The fraction of sp³-hybridized carbons (Fsp3) is 0.533. The SMILES string of the molecule is CC(C)(CC(=O)OC(C)(C)C)N=Nc1ccccc1. The summed E-state index contributed by atoms with van der Waals surface area (Å²) >= 11 is 0. The van der Waals surface area contributed by atoms with Crippen LogP contribution in [0, 0.1) is 0 Å². The van der Waals surface area contributed by atoms with Crippen LogP contribution in [-0.4, -0.2) is 17.1 Å². The molecule has 1 rings (SSSR count). The number of esters is 1. The Hall–Kier alpha value is -1.71. The summed E-state index contributed by atoms with van der Waals surface area (Å²) in [4.78, 5) is 11.8. The second-order valence-electron chi connectivity index (χ2n) is 6.11. The highest BCUT2D eigenvalue weighted by Gasteiger charge is 2.25. The van der Waals surface area contributed by atoms with Crippen LogP contribution in [0.1, 0.15) is 41.0 Å². The summed E-state index contributed by atoms with van der Waals surface area (Å²) in [6, 6.07) is 9.45. The number of nitrogens with zero attached hydrogens (tertiary/aromatic N) is 2. The zero-order valence-electron chi connectivity index (χ0n) is 12.3. The van der Waals surface area contributed by atoms with Crippen molar-refractivity contribution in [2.75, 3.05) is 0 Å². The quantitative estimate of drug-likeness (QED) is 0.600. The third kappa shape index (κ3) is 6.70. The van der Waals surface area contributed by atoms with Gasteiger partial charge in [-0.1, -0.05) is 18.2 Å². The van der Waals surface area contributed by atoms with Crippen LogP contribution in [0.15, 0.2) is 40.6 Å². The molecule has 0 fully saturated rings. The molecule has 0 aliphatic heterocycles. The molecule has 104 valence electrons.